The summed E-state index contributed by atoms with van der Waals surface area (Å²) in [5.41, 5.74) is 1.97. The largest absolute Gasteiger partial charge is 0.379 e. The number of fused-ring (bicyclic) bond motifs is 1. The van der Waals surface area contributed by atoms with Crippen LogP contribution < -0.4 is 16.1 Å². The maximum absolute atomic E-state index is 13.3. The standard InChI is InChI=1S/C27H28N6O3/c34-24-22-18-30-27(29-17-20-7-3-1-4-8-20)31-25(22)33(21-9-5-2-6-10-21)19-23(24)26(35)28-11-12-32-13-15-36-16-14-32/h1-10,18-19H,11-17H2,(H,28,35)(H,29,30,31). The van der Waals surface area contributed by atoms with E-state index < -0.39 is 11.3 Å². The minimum atomic E-state index is -0.411. The molecule has 0 atom stereocenters. The summed E-state index contributed by atoms with van der Waals surface area (Å²) in [5, 5.41) is 6.39. The van der Waals surface area contributed by atoms with Crippen molar-refractivity contribution in [3.05, 3.63) is 94.4 Å². The molecule has 1 fully saturated rings. The Kier molecular flexibility index (Phi) is 7.30. The molecule has 4 aromatic rings. The second kappa shape index (κ2) is 11.1. The Hall–Kier alpha value is -4.08. The Labute approximate surface area is 208 Å². The molecular weight excluding hydrogens is 456 g/mol. The number of nitrogens with one attached hydrogen (secondary N) is 2. The molecule has 1 aliphatic rings. The summed E-state index contributed by atoms with van der Waals surface area (Å²) >= 11 is 0. The van der Waals surface area contributed by atoms with E-state index in [-0.39, 0.29) is 10.9 Å². The van der Waals surface area contributed by atoms with Crippen molar-refractivity contribution >= 4 is 22.9 Å². The molecule has 5 rings (SSSR count). The molecule has 0 radical (unpaired) electrons. The van der Waals surface area contributed by atoms with Crippen LogP contribution in [0.15, 0.2) is 77.9 Å². The van der Waals surface area contributed by atoms with E-state index in [4.69, 9.17) is 4.74 Å². The SMILES string of the molecule is O=C(NCCN1CCOCC1)c1cn(-c2ccccc2)c2nc(NCc3ccccc3)ncc2c1=O. The number of morpholine rings is 1. The zero-order chi connectivity index (χ0) is 24.7. The van der Waals surface area contributed by atoms with Gasteiger partial charge in [-0.2, -0.15) is 4.98 Å². The van der Waals surface area contributed by atoms with Gasteiger partial charge in [0, 0.05) is 50.8 Å². The molecule has 2 aromatic heterocycles. The molecule has 36 heavy (non-hydrogen) atoms. The maximum Gasteiger partial charge on any atom is 0.256 e. The molecule has 1 saturated heterocycles. The molecule has 2 N–H and O–H groups in total. The fourth-order valence-corrected chi connectivity index (χ4v) is 4.17. The number of para-hydroxylation sites is 1. The third-order valence-corrected chi connectivity index (χ3v) is 6.13. The number of carbonyl (C=O) groups is 1. The molecule has 184 valence electrons. The van der Waals surface area contributed by atoms with Crippen molar-refractivity contribution in [2.75, 3.05) is 44.7 Å². The molecule has 0 unspecified atom stereocenters. The highest BCUT2D eigenvalue weighted by Crippen LogP contribution is 2.17. The summed E-state index contributed by atoms with van der Waals surface area (Å²) in [5.74, 6) is -0.00994. The highest BCUT2D eigenvalue weighted by molar-refractivity contribution is 5.97. The second-order valence-corrected chi connectivity index (χ2v) is 8.56. The summed E-state index contributed by atoms with van der Waals surface area (Å²) in [4.78, 5) is 37.6. The molecule has 3 heterocycles. The van der Waals surface area contributed by atoms with Crippen LogP contribution in [0, 0.1) is 0 Å². The summed E-state index contributed by atoms with van der Waals surface area (Å²) in [6.07, 6.45) is 3.06. The van der Waals surface area contributed by atoms with Gasteiger partial charge in [-0.05, 0) is 17.7 Å². The van der Waals surface area contributed by atoms with Crippen LogP contribution in [0.2, 0.25) is 0 Å². The number of hydrogen-bond acceptors (Lipinski definition) is 7. The van der Waals surface area contributed by atoms with Gasteiger partial charge < -0.3 is 19.9 Å². The average Bonchev–Trinajstić information content (AvgIpc) is 2.93. The van der Waals surface area contributed by atoms with Crippen LogP contribution in [0.5, 0.6) is 0 Å². The molecule has 2 aromatic carbocycles. The predicted octanol–water partition coefficient (Wildman–Crippen LogP) is 2.45. The Morgan fingerprint density at radius 1 is 1.00 bits per heavy atom. The number of amides is 1. The summed E-state index contributed by atoms with van der Waals surface area (Å²) in [7, 11) is 0. The number of aromatic nitrogens is 3. The Bertz CT molecular complexity index is 1390. The number of carbonyl (C=O) groups excluding carboxylic acids is 1. The molecule has 0 spiro atoms. The lowest BCUT2D eigenvalue weighted by Crippen LogP contribution is -2.42. The van der Waals surface area contributed by atoms with E-state index in [1.54, 1.807) is 10.8 Å². The Balaban J connectivity index is 1.44. The van der Waals surface area contributed by atoms with E-state index in [1.807, 2.05) is 60.7 Å². The summed E-state index contributed by atoms with van der Waals surface area (Å²) in [6.45, 7) is 4.77. The topological polar surface area (TPSA) is 101 Å². The van der Waals surface area contributed by atoms with Gasteiger partial charge in [0.2, 0.25) is 11.4 Å². The highest BCUT2D eigenvalue weighted by atomic mass is 16.5. The van der Waals surface area contributed by atoms with Crippen LogP contribution in [-0.2, 0) is 11.3 Å². The van der Waals surface area contributed by atoms with Crippen molar-refractivity contribution in [3.63, 3.8) is 0 Å². The minimum Gasteiger partial charge on any atom is -0.379 e. The van der Waals surface area contributed by atoms with E-state index in [2.05, 4.69) is 25.5 Å². The molecular formula is C27H28N6O3. The normalized spacial score (nSPS) is 14.0. The number of hydrogen-bond donors (Lipinski definition) is 2. The Morgan fingerprint density at radius 2 is 1.72 bits per heavy atom. The monoisotopic (exact) mass is 484 g/mol. The summed E-state index contributed by atoms with van der Waals surface area (Å²) in [6, 6.07) is 19.5. The first-order chi connectivity index (χ1) is 17.7. The van der Waals surface area contributed by atoms with Crippen molar-refractivity contribution in [3.8, 4) is 5.69 Å². The molecule has 1 amide bonds. The number of nitrogens with zero attached hydrogens (tertiary/aromatic N) is 4. The van der Waals surface area contributed by atoms with Crippen LogP contribution in [0.1, 0.15) is 15.9 Å². The highest BCUT2D eigenvalue weighted by Gasteiger charge is 2.18. The lowest BCUT2D eigenvalue weighted by atomic mass is 10.2. The van der Waals surface area contributed by atoms with E-state index in [0.717, 1.165) is 24.3 Å². The third kappa shape index (κ3) is 5.42. The van der Waals surface area contributed by atoms with Crippen LogP contribution in [0.4, 0.5) is 5.95 Å². The Morgan fingerprint density at radius 3 is 2.47 bits per heavy atom. The zero-order valence-corrected chi connectivity index (χ0v) is 19.9. The van der Waals surface area contributed by atoms with Crippen LogP contribution >= 0.6 is 0 Å². The van der Waals surface area contributed by atoms with E-state index in [9.17, 15) is 9.59 Å². The van der Waals surface area contributed by atoms with Gasteiger partial charge in [-0.15, -0.1) is 0 Å². The maximum atomic E-state index is 13.3. The van der Waals surface area contributed by atoms with Crippen molar-refractivity contribution < 1.29 is 9.53 Å². The van der Waals surface area contributed by atoms with Gasteiger partial charge in [0.15, 0.2) is 5.65 Å². The molecule has 9 heteroatoms. The van der Waals surface area contributed by atoms with Gasteiger partial charge in [-0.1, -0.05) is 48.5 Å². The zero-order valence-electron chi connectivity index (χ0n) is 19.9. The van der Waals surface area contributed by atoms with Gasteiger partial charge >= 0.3 is 0 Å². The number of rotatable bonds is 8. The fraction of sp³-hybridized carbons (Fsp3) is 0.259. The number of pyridine rings is 1. The predicted molar refractivity (Wildman–Crippen MR) is 138 cm³/mol. The average molecular weight is 485 g/mol. The van der Waals surface area contributed by atoms with E-state index >= 15 is 0 Å². The third-order valence-electron chi connectivity index (χ3n) is 6.13. The van der Waals surface area contributed by atoms with Crippen LogP contribution in [0.25, 0.3) is 16.7 Å². The first-order valence-electron chi connectivity index (χ1n) is 12.0. The van der Waals surface area contributed by atoms with Crippen molar-refractivity contribution in [2.45, 2.75) is 6.54 Å². The van der Waals surface area contributed by atoms with E-state index in [0.29, 0.717) is 44.4 Å². The van der Waals surface area contributed by atoms with Crippen molar-refractivity contribution in [2.24, 2.45) is 0 Å². The summed E-state index contributed by atoms with van der Waals surface area (Å²) < 4.78 is 7.13. The van der Waals surface area contributed by atoms with Gasteiger partial charge in [-0.25, -0.2) is 4.98 Å². The smallest absolute Gasteiger partial charge is 0.256 e. The molecule has 9 nitrogen and oxygen atoms in total. The number of benzene rings is 2. The van der Waals surface area contributed by atoms with Crippen LogP contribution in [-0.4, -0.2) is 64.7 Å². The quantitative estimate of drug-likeness (QED) is 0.396. The minimum absolute atomic E-state index is 0.0573. The molecule has 0 bridgehead atoms. The van der Waals surface area contributed by atoms with E-state index in [1.165, 1.54) is 6.20 Å². The number of ether oxygens (including phenoxy) is 1. The lowest BCUT2D eigenvalue weighted by molar-refractivity contribution is 0.0383. The van der Waals surface area contributed by atoms with Gasteiger partial charge in [0.1, 0.15) is 5.56 Å². The van der Waals surface area contributed by atoms with Crippen molar-refractivity contribution in [1.29, 1.82) is 0 Å². The first-order valence-corrected chi connectivity index (χ1v) is 12.0. The molecule has 0 saturated carbocycles. The first kappa shape index (κ1) is 23.7. The van der Waals surface area contributed by atoms with Gasteiger partial charge in [0.25, 0.3) is 5.91 Å². The molecule has 1 aliphatic heterocycles. The lowest BCUT2D eigenvalue weighted by Gasteiger charge is -2.26. The second-order valence-electron chi connectivity index (χ2n) is 8.56. The number of anilines is 1. The van der Waals surface area contributed by atoms with Crippen molar-refractivity contribution in [1.82, 2.24) is 24.8 Å². The fourth-order valence-electron chi connectivity index (χ4n) is 4.17. The van der Waals surface area contributed by atoms with Crippen LogP contribution in [0.3, 0.4) is 0 Å². The van der Waals surface area contributed by atoms with Gasteiger partial charge in [0.05, 0.1) is 18.6 Å². The molecule has 0 aliphatic carbocycles. The van der Waals surface area contributed by atoms with Gasteiger partial charge in [-0.3, -0.25) is 14.5 Å².